The smallest absolute Gasteiger partial charge is 0.267 e. The summed E-state index contributed by atoms with van der Waals surface area (Å²) in [5.41, 5.74) is -2.17. The summed E-state index contributed by atoms with van der Waals surface area (Å²) in [7, 11) is 5.52. The van der Waals surface area contributed by atoms with Crippen LogP contribution in [-0.2, 0) is 4.74 Å². The van der Waals surface area contributed by atoms with Crippen LogP contribution in [0.2, 0.25) is 0 Å². The molecular weight excluding hydrogens is 241 g/mol. The summed E-state index contributed by atoms with van der Waals surface area (Å²) < 4.78 is 5.20. The van der Waals surface area contributed by atoms with Gasteiger partial charge in [-0.15, -0.1) is 4.91 Å². The Hall–Kier alpha value is -0.735. The van der Waals surface area contributed by atoms with Gasteiger partial charge in [-0.25, -0.2) is 0 Å². The zero-order chi connectivity index (χ0) is 13.4. The molecule has 0 spiro atoms. The molecule has 9 heteroatoms. The van der Waals surface area contributed by atoms with E-state index in [0.29, 0.717) is 26.3 Å². The summed E-state index contributed by atoms with van der Waals surface area (Å²) in [6.45, 7) is 2.31. The van der Waals surface area contributed by atoms with Crippen molar-refractivity contribution in [1.29, 1.82) is 0 Å². The molecule has 0 bridgehead atoms. The molecule has 100 valence electrons. The SMILES string of the molecule is [B]C1(O)CC(N2CCOCC2)CC(O)(O)N1N=O. The van der Waals surface area contributed by atoms with E-state index in [1.807, 2.05) is 4.90 Å². The number of piperidine rings is 1. The molecule has 8 nitrogen and oxygen atoms in total. The lowest BCUT2D eigenvalue weighted by atomic mass is 9.78. The predicted molar refractivity (Wildman–Crippen MR) is 60.9 cm³/mol. The molecule has 2 aliphatic heterocycles. The van der Waals surface area contributed by atoms with Gasteiger partial charge in [0, 0.05) is 32.0 Å². The highest BCUT2D eigenvalue weighted by molar-refractivity contribution is 6.14. The van der Waals surface area contributed by atoms with Crippen molar-refractivity contribution in [2.75, 3.05) is 26.3 Å². The molecule has 2 rings (SSSR count). The summed E-state index contributed by atoms with van der Waals surface area (Å²) in [5, 5.41) is 32.0. The molecule has 0 amide bonds. The molecule has 2 heterocycles. The number of morpholine rings is 1. The van der Waals surface area contributed by atoms with Crippen molar-refractivity contribution in [3.05, 3.63) is 4.91 Å². The summed E-state index contributed by atoms with van der Waals surface area (Å²) >= 11 is 0. The van der Waals surface area contributed by atoms with Crippen LogP contribution >= 0.6 is 0 Å². The van der Waals surface area contributed by atoms with E-state index in [9.17, 15) is 20.2 Å². The van der Waals surface area contributed by atoms with Crippen LogP contribution < -0.4 is 0 Å². The second kappa shape index (κ2) is 4.74. The third kappa shape index (κ3) is 2.50. The van der Waals surface area contributed by atoms with Gasteiger partial charge in [0.2, 0.25) is 0 Å². The first kappa shape index (κ1) is 13.7. The average Bonchev–Trinajstić information content (AvgIpc) is 2.27. The van der Waals surface area contributed by atoms with Crippen molar-refractivity contribution < 1.29 is 20.1 Å². The van der Waals surface area contributed by atoms with Crippen LogP contribution in [0.1, 0.15) is 12.8 Å². The maximum Gasteiger partial charge on any atom is 0.267 e. The van der Waals surface area contributed by atoms with Crippen LogP contribution in [0.15, 0.2) is 5.29 Å². The van der Waals surface area contributed by atoms with E-state index in [1.54, 1.807) is 0 Å². The van der Waals surface area contributed by atoms with Crippen molar-refractivity contribution in [3.63, 3.8) is 0 Å². The summed E-state index contributed by atoms with van der Waals surface area (Å²) in [4.78, 5) is 12.5. The van der Waals surface area contributed by atoms with Crippen LogP contribution in [0.25, 0.3) is 0 Å². The number of hydrogen-bond acceptors (Lipinski definition) is 7. The zero-order valence-electron chi connectivity index (χ0n) is 9.90. The van der Waals surface area contributed by atoms with Gasteiger partial charge < -0.3 is 20.1 Å². The molecule has 18 heavy (non-hydrogen) atoms. The van der Waals surface area contributed by atoms with Gasteiger partial charge in [0.15, 0.2) is 0 Å². The van der Waals surface area contributed by atoms with Gasteiger partial charge in [-0.1, -0.05) is 0 Å². The number of nitrogens with zero attached hydrogens (tertiary/aromatic N) is 3. The van der Waals surface area contributed by atoms with Gasteiger partial charge in [-0.3, -0.25) is 4.90 Å². The third-order valence-corrected chi connectivity index (χ3v) is 3.40. The van der Waals surface area contributed by atoms with E-state index >= 15 is 0 Å². The average molecular weight is 257 g/mol. The molecule has 0 aromatic rings. The number of ether oxygens (including phenoxy) is 1. The van der Waals surface area contributed by atoms with Crippen LogP contribution in [0, 0.1) is 4.91 Å². The van der Waals surface area contributed by atoms with E-state index in [-0.39, 0.29) is 23.9 Å². The van der Waals surface area contributed by atoms with Gasteiger partial charge in [0.1, 0.15) is 13.5 Å². The largest absolute Gasteiger partial charge is 0.379 e. The molecule has 2 unspecified atom stereocenters. The van der Waals surface area contributed by atoms with Crippen LogP contribution in [0.4, 0.5) is 0 Å². The quantitative estimate of drug-likeness (QED) is 0.296. The van der Waals surface area contributed by atoms with E-state index in [1.165, 1.54) is 0 Å². The fourth-order valence-electron chi connectivity index (χ4n) is 2.55. The maximum atomic E-state index is 10.6. The molecule has 3 N–H and O–H groups in total. The van der Waals surface area contributed by atoms with E-state index in [0.717, 1.165) is 0 Å². The first-order valence-electron chi connectivity index (χ1n) is 5.78. The Morgan fingerprint density at radius 3 is 2.33 bits per heavy atom. The Morgan fingerprint density at radius 2 is 1.83 bits per heavy atom. The number of aliphatic hydroxyl groups is 3. The Balaban J connectivity index is 2.14. The van der Waals surface area contributed by atoms with Gasteiger partial charge in [-0.05, 0) is 0 Å². The van der Waals surface area contributed by atoms with Gasteiger partial charge in [-0.2, -0.15) is 5.01 Å². The lowest BCUT2D eigenvalue weighted by Gasteiger charge is -2.50. The highest BCUT2D eigenvalue weighted by Gasteiger charge is 2.52. The van der Waals surface area contributed by atoms with E-state index < -0.39 is 11.5 Å². The summed E-state index contributed by atoms with van der Waals surface area (Å²) in [5.74, 6) is -2.55. The second-order valence-corrected chi connectivity index (χ2v) is 4.76. The number of hydrogen-bond donors (Lipinski definition) is 3. The van der Waals surface area contributed by atoms with Gasteiger partial charge in [0.05, 0.1) is 18.5 Å². The fourth-order valence-corrected chi connectivity index (χ4v) is 2.55. The van der Waals surface area contributed by atoms with Crippen molar-refractivity contribution in [2.45, 2.75) is 30.4 Å². The molecule has 2 fully saturated rings. The monoisotopic (exact) mass is 257 g/mol. The fraction of sp³-hybridized carbons (Fsp3) is 1.00. The molecule has 2 radical (unpaired) electrons. The highest BCUT2D eigenvalue weighted by Crippen LogP contribution is 2.35. The predicted octanol–water partition coefficient (Wildman–Crippen LogP) is -2.08. The van der Waals surface area contributed by atoms with Crippen LogP contribution in [0.3, 0.4) is 0 Å². The van der Waals surface area contributed by atoms with Gasteiger partial charge in [0.25, 0.3) is 5.91 Å². The van der Waals surface area contributed by atoms with E-state index in [4.69, 9.17) is 12.6 Å². The molecule has 0 aliphatic carbocycles. The minimum absolute atomic E-state index is 0.00160. The standard InChI is InChI=1S/C9H16BN3O5/c10-8(14)5-7(12-1-3-18-4-2-12)6-9(15,16)13(8)11-17/h7,14-16H,1-6H2. The van der Waals surface area contributed by atoms with Crippen LogP contribution in [0.5, 0.6) is 0 Å². The first-order valence-corrected chi connectivity index (χ1v) is 5.78. The Morgan fingerprint density at radius 1 is 1.22 bits per heavy atom. The van der Waals surface area contributed by atoms with Crippen molar-refractivity contribution in [3.8, 4) is 0 Å². The molecular formula is C9H16BN3O5. The van der Waals surface area contributed by atoms with Crippen molar-refractivity contribution >= 4 is 7.85 Å². The Bertz CT molecular complexity index is 303. The first-order chi connectivity index (χ1) is 8.37. The van der Waals surface area contributed by atoms with Gasteiger partial charge >= 0.3 is 0 Å². The normalized spacial score (nSPS) is 37.5. The van der Waals surface area contributed by atoms with E-state index in [2.05, 4.69) is 5.29 Å². The molecule has 0 aromatic carbocycles. The lowest BCUT2D eigenvalue weighted by molar-refractivity contribution is -0.339. The summed E-state index contributed by atoms with van der Waals surface area (Å²) in [6, 6.07) is -0.350. The topological polar surface area (TPSA) is 106 Å². The van der Waals surface area contributed by atoms with Crippen molar-refractivity contribution in [2.24, 2.45) is 5.29 Å². The third-order valence-electron chi connectivity index (χ3n) is 3.40. The molecule has 0 saturated carbocycles. The minimum atomic E-state index is -2.55. The van der Waals surface area contributed by atoms with Crippen molar-refractivity contribution in [1.82, 2.24) is 9.91 Å². The lowest BCUT2D eigenvalue weighted by Crippen LogP contribution is -2.67. The second-order valence-electron chi connectivity index (χ2n) is 4.76. The Labute approximate surface area is 105 Å². The molecule has 0 aromatic heterocycles. The summed E-state index contributed by atoms with van der Waals surface area (Å²) in [6.07, 6.45) is -0.139. The molecule has 2 atom stereocenters. The van der Waals surface area contributed by atoms with Crippen LogP contribution in [-0.4, -0.2) is 77.0 Å². The number of rotatable bonds is 2. The zero-order valence-corrected chi connectivity index (χ0v) is 9.90. The maximum absolute atomic E-state index is 10.6. The number of nitroso groups, excluding NO2 is 1. The minimum Gasteiger partial charge on any atom is -0.379 e. The molecule has 2 saturated heterocycles. The molecule has 2 aliphatic rings. The Kier molecular flexibility index (Phi) is 3.61. The highest BCUT2D eigenvalue weighted by atomic mass is 16.6.